The number of hydrogen-bond acceptors (Lipinski definition) is 4. The predicted molar refractivity (Wildman–Crippen MR) is 73.1 cm³/mol. The molecule has 18 heavy (non-hydrogen) atoms. The summed E-state index contributed by atoms with van der Waals surface area (Å²) in [6.45, 7) is 8.60. The van der Waals surface area contributed by atoms with E-state index in [1.54, 1.807) is 20.8 Å². The zero-order chi connectivity index (χ0) is 14.3. The minimum atomic E-state index is -1.12. The number of carbonyl (C=O) groups is 2. The molecule has 0 fully saturated rings. The molecule has 0 saturated heterocycles. The van der Waals surface area contributed by atoms with E-state index in [0.29, 0.717) is 10.8 Å². The van der Waals surface area contributed by atoms with Crippen molar-refractivity contribution in [2.24, 2.45) is 0 Å². The molecule has 1 amide bonds. The Balaban J connectivity index is 4.23. The second-order valence-electron chi connectivity index (χ2n) is 4.57. The minimum Gasteiger partial charge on any atom is -0.480 e. The molecule has 1 unspecified atom stereocenters. The maximum Gasteiger partial charge on any atom is 0.408 e. The highest BCUT2D eigenvalue weighted by atomic mass is 35.5. The summed E-state index contributed by atoms with van der Waals surface area (Å²) < 4.78 is 4.98. The van der Waals surface area contributed by atoms with Gasteiger partial charge in [-0.15, -0.1) is 0 Å². The highest BCUT2D eigenvalue weighted by molar-refractivity contribution is 7.99. The molecule has 0 radical (unpaired) electrons. The first-order chi connectivity index (χ1) is 8.11. The molecule has 0 spiro atoms. The zero-order valence-electron chi connectivity index (χ0n) is 10.7. The Morgan fingerprint density at radius 1 is 1.50 bits per heavy atom. The van der Waals surface area contributed by atoms with E-state index in [1.807, 2.05) is 0 Å². The number of ether oxygens (including phenoxy) is 1. The van der Waals surface area contributed by atoms with Gasteiger partial charge < -0.3 is 15.2 Å². The molecular formula is C11H18ClNO4S. The number of carboxylic acid groups (broad SMARTS) is 1. The number of thioether (sulfide) groups is 1. The van der Waals surface area contributed by atoms with Crippen molar-refractivity contribution >= 4 is 35.4 Å². The summed E-state index contributed by atoms with van der Waals surface area (Å²) in [6.07, 6.45) is -0.750. The van der Waals surface area contributed by atoms with Gasteiger partial charge in [0.25, 0.3) is 0 Å². The molecule has 104 valence electrons. The van der Waals surface area contributed by atoms with Crippen molar-refractivity contribution in [2.45, 2.75) is 32.4 Å². The second kappa shape index (κ2) is 7.53. The number of aliphatic carboxylic acids is 1. The van der Waals surface area contributed by atoms with Gasteiger partial charge in [0, 0.05) is 16.5 Å². The van der Waals surface area contributed by atoms with Gasteiger partial charge in [-0.25, -0.2) is 9.59 Å². The van der Waals surface area contributed by atoms with Gasteiger partial charge in [-0.2, -0.15) is 11.8 Å². The van der Waals surface area contributed by atoms with Crippen LogP contribution in [0.3, 0.4) is 0 Å². The van der Waals surface area contributed by atoms with E-state index in [9.17, 15) is 9.59 Å². The van der Waals surface area contributed by atoms with Crippen LogP contribution >= 0.6 is 23.4 Å². The smallest absolute Gasteiger partial charge is 0.408 e. The van der Waals surface area contributed by atoms with Crippen molar-refractivity contribution in [1.29, 1.82) is 0 Å². The van der Waals surface area contributed by atoms with Crippen molar-refractivity contribution in [2.75, 3.05) is 11.5 Å². The number of carboxylic acids is 1. The summed E-state index contributed by atoms with van der Waals surface area (Å²) in [5, 5.41) is 11.7. The fraction of sp³-hybridized carbons (Fsp3) is 0.636. The fourth-order valence-electron chi connectivity index (χ4n) is 0.912. The van der Waals surface area contributed by atoms with Crippen LogP contribution < -0.4 is 5.32 Å². The number of alkyl carbamates (subject to hydrolysis) is 1. The van der Waals surface area contributed by atoms with Gasteiger partial charge in [0.1, 0.15) is 11.6 Å². The van der Waals surface area contributed by atoms with Gasteiger partial charge in [0.05, 0.1) is 0 Å². The number of halogens is 1. The first-order valence-corrected chi connectivity index (χ1v) is 6.78. The number of amides is 1. The Bertz CT molecular complexity index is 327. The summed E-state index contributed by atoms with van der Waals surface area (Å²) in [5.41, 5.74) is -0.662. The van der Waals surface area contributed by atoms with Crippen LogP contribution in [0.4, 0.5) is 4.79 Å². The standard InChI is InChI=1S/C11H18ClNO4S/c1-7(12)5-18-6-8(9(14)15)13-10(16)17-11(2,3)4/h8H,1,5-6H2,2-4H3,(H,13,16)(H,14,15). The van der Waals surface area contributed by atoms with Gasteiger partial charge in [-0.1, -0.05) is 18.2 Å². The SMILES string of the molecule is C=C(Cl)CSCC(NC(=O)OC(C)(C)C)C(=O)O. The quantitative estimate of drug-likeness (QED) is 0.787. The number of nitrogens with one attached hydrogen (secondary N) is 1. The van der Waals surface area contributed by atoms with Crippen LogP contribution in [0, 0.1) is 0 Å². The summed E-state index contributed by atoms with van der Waals surface area (Å²) >= 11 is 6.83. The molecule has 0 bridgehead atoms. The molecule has 0 rings (SSSR count). The van der Waals surface area contributed by atoms with Crippen molar-refractivity contribution in [1.82, 2.24) is 5.32 Å². The lowest BCUT2D eigenvalue weighted by Gasteiger charge is -2.21. The van der Waals surface area contributed by atoms with E-state index in [-0.39, 0.29) is 5.75 Å². The molecule has 0 aromatic heterocycles. The van der Waals surface area contributed by atoms with Crippen molar-refractivity contribution < 1.29 is 19.4 Å². The maximum atomic E-state index is 11.4. The highest BCUT2D eigenvalue weighted by Gasteiger charge is 2.23. The molecule has 0 aromatic rings. The number of hydrogen-bond donors (Lipinski definition) is 2. The fourth-order valence-corrected chi connectivity index (χ4v) is 1.94. The van der Waals surface area contributed by atoms with Gasteiger partial charge in [0.2, 0.25) is 0 Å². The molecule has 0 aliphatic rings. The van der Waals surface area contributed by atoms with E-state index < -0.39 is 23.7 Å². The Kier molecular flexibility index (Phi) is 7.16. The third-order valence-electron chi connectivity index (χ3n) is 1.53. The molecule has 0 saturated carbocycles. The van der Waals surface area contributed by atoms with E-state index in [0.717, 1.165) is 0 Å². The summed E-state index contributed by atoms with van der Waals surface area (Å²) in [4.78, 5) is 22.4. The first-order valence-electron chi connectivity index (χ1n) is 5.25. The van der Waals surface area contributed by atoms with Gasteiger partial charge >= 0.3 is 12.1 Å². The lowest BCUT2D eigenvalue weighted by Crippen LogP contribution is -2.45. The van der Waals surface area contributed by atoms with E-state index in [4.69, 9.17) is 21.4 Å². The van der Waals surface area contributed by atoms with Crippen molar-refractivity contribution in [3.05, 3.63) is 11.6 Å². The summed E-state index contributed by atoms with van der Waals surface area (Å²) in [7, 11) is 0. The third-order valence-corrected chi connectivity index (χ3v) is 2.95. The average molecular weight is 296 g/mol. The average Bonchev–Trinajstić information content (AvgIpc) is 2.12. The normalized spacial score (nSPS) is 12.7. The molecule has 2 N–H and O–H groups in total. The molecule has 0 heterocycles. The van der Waals surface area contributed by atoms with Crippen molar-refractivity contribution in [3.8, 4) is 0 Å². The van der Waals surface area contributed by atoms with Crippen LogP contribution in [0.25, 0.3) is 0 Å². The second-order valence-corrected chi connectivity index (χ2v) is 6.13. The predicted octanol–water partition coefficient (Wildman–Crippen LogP) is 2.45. The Morgan fingerprint density at radius 2 is 2.06 bits per heavy atom. The van der Waals surface area contributed by atoms with Crippen LogP contribution in [-0.2, 0) is 9.53 Å². The van der Waals surface area contributed by atoms with Gasteiger partial charge in [-0.3, -0.25) is 0 Å². The molecule has 5 nitrogen and oxygen atoms in total. The molecule has 0 aromatic carbocycles. The van der Waals surface area contributed by atoms with Crippen LogP contribution in [0.5, 0.6) is 0 Å². The van der Waals surface area contributed by atoms with Crippen LogP contribution in [0.15, 0.2) is 11.6 Å². The van der Waals surface area contributed by atoms with E-state index in [2.05, 4.69) is 11.9 Å². The number of rotatable bonds is 6. The summed E-state index contributed by atoms with van der Waals surface area (Å²) in [5.74, 6) is -0.490. The summed E-state index contributed by atoms with van der Waals surface area (Å²) in [6, 6.07) is -1.01. The molecule has 0 aliphatic carbocycles. The maximum absolute atomic E-state index is 11.4. The topological polar surface area (TPSA) is 75.6 Å². The largest absolute Gasteiger partial charge is 0.480 e. The van der Waals surface area contributed by atoms with Gasteiger partial charge in [-0.05, 0) is 20.8 Å². The minimum absolute atomic E-state index is 0.195. The Morgan fingerprint density at radius 3 is 2.44 bits per heavy atom. The van der Waals surface area contributed by atoms with Crippen LogP contribution in [0.2, 0.25) is 0 Å². The van der Waals surface area contributed by atoms with Gasteiger partial charge in [0.15, 0.2) is 0 Å². The first kappa shape index (κ1) is 17.1. The third kappa shape index (κ3) is 9.18. The zero-order valence-corrected chi connectivity index (χ0v) is 12.2. The van der Waals surface area contributed by atoms with Crippen LogP contribution in [-0.4, -0.2) is 40.3 Å². The van der Waals surface area contributed by atoms with Crippen LogP contribution in [0.1, 0.15) is 20.8 Å². The molecule has 1 atom stereocenters. The molecule has 0 aliphatic heterocycles. The lowest BCUT2D eigenvalue weighted by atomic mass is 10.2. The van der Waals surface area contributed by atoms with E-state index in [1.165, 1.54) is 11.8 Å². The molecular weight excluding hydrogens is 278 g/mol. The van der Waals surface area contributed by atoms with Crippen molar-refractivity contribution in [3.63, 3.8) is 0 Å². The number of carbonyl (C=O) groups excluding carboxylic acids is 1. The lowest BCUT2D eigenvalue weighted by molar-refractivity contribution is -0.138. The molecule has 7 heteroatoms. The van der Waals surface area contributed by atoms with E-state index >= 15 is 0 Å². The highest BCUT2D eigenvalue weighted by Crippen LogP contribution is 2.12. The Hall–Kier alpha value is -0.880. The monoisotopic (exact) mass is 295 g/mol. The Labute approximate surface area is 116 Å².